The Morgan fingerprint density at radius 2 is 1.87 bits per heavy atom. The van der Waals surface area contributed by atoms with Crippen molar-refractivity contribution in [3.63, 3.8) is 0 Å². The summed E-state index contributed by atoms with van der Waals surface area (Å²) in [6.07, 6.45) is 1.53. The number of sulfonamides is 1. The van der Waals surface area contributed by atoms with Gasteiger partial charge in [0.1, 0.15) is 0 Å². The van der Waals surface area contributed by atoms with E-state index < -0.39 is 15.9 Å². The topological polar surface area (TPSA) is 84.9 Å². The summed E-state index contributed by atoms with van der Waals surface area (Å²) in [5.74, 6) is 0.146. The van der Waals surface area contributed by atoms with Gasteiger partial charge in [-0.25, -0.2) is 8.42 Å². The van der Waals surface area contributed by atoms with Gasteiger partial charge in [0.05, 0.1) is 31.2 Å². The Labute approximate surface area is 136 Å². The molecule has 0 saturated carbocycles. The molecule has 0 radical (unpaired) electrons. The van der Waals surface area contributed by atoms with Crippen molar-refractivity contribution in [2.75, 3.05) is 37.9 Å². The number of benzene rings is 1. The van der Waals surface area contributed by atoms with Gasteiger partial charge in [-0.3, -0.25) is 9.10 Å². The molecule has 1 N–H and O–H groups in total. The van der Waals surface area contributed by atoms with E-state index in [1.807, 2.05) is 0 Å². The van der Waals surface area contributed by atoms with Gasteiger partial charge in [0.15, 0.2) is 11.5 Å². The van der Waals surface area contributed by atoms with E-state index in [-0.39, 0.29) is 23.5 Å². The van der Waals surface area contributed by atoms with Crippen molar-refractivity contribution in [2.45, 2.75) is 6.92 Å². The monoisotopic (exact) mass is 342 g/mol. The SMILES string of the molecule is C=CCNC(=O)c1cc(OC)c(OC)cc1N(C)S(=O)(=O)CC. The molecule has 0 bridgehead atoms. The molecule has 23 heavy (non-hydrogen) atoms. The highest BCUT2D eigenvalue weighted by Gasteiger charge is 2.24. The van der Waals surface area contributed by atoms with Crippen LogP contribution in [0.15, 0.2) is 24.8 Å². The Bertz CT molecular complexity index is 685. The first-order chi connectivity index (χ1) is 10.8. The molecular formula is C15H22N2O5S. The zero-order valence-electron chi connectivity index (χ0n) is 13.8. The number of nitrogens with zero attached hydrogens (tertiary/aromatic N) is 1. The third kappa shape index (κ3) is 4.16. The summed E-state index contributed by atoms with van der Waals surface area (Å²) in [7, 11) is 0.736. The van der Waals surface area contributed by atoms with E-state index in [1.54, 1.807) is 0 Å². The molecule has 128 valence electrons. The second kappa shape index (κ2) is 7.87. The molecule has 0 aliphatic rings. The van der Waals surface area contributed by atoms with Crippen LogP contribution in [0.1, 0.15) is 17.3 Å². The van der Waals surface area contributed by atoms with Gasteiger partial charge in [0, 0.05) is 19.7 Å². The van der Waals surface area contributed by atoms with Gasteiger partial charge in [-0.05, 0) is 13.0 Å². The fraction of sp³-hybridized carbons (Fsp3) is 0.400. The molecule has 0 aromatic heterocycles. The minimum Gasteiger partial charge on any atom is -0.493 e. The van der Waals surface area contributed by atoms with Crippen molar-refractivity contribution in [1.82, 2.24) is 5.32 Å². The Morgan fingerprint density at radius 1 is 1.30 bits per heavy atom. The fourth-order valence-electron chi connectivity index (χ4n) is 1.91. The number of rotatable bonds is 8. The summed E-state index contributed by atoms with van der Waals surface area (Å²) in [6.45, 7) is 5.32. The number of ether oxygens (including phenoxy) is 2. The van der Waals surface area contributed by atoms with Crippen molar-refractivity contribution in [3.05, 3.63) is 30.4 Å². The number of hydrogen-bond donors (Lipinski definition) is 1. The standard InChI is InChI=1S/C15H22N2O5S/c1-6-8-16-15(18)11-9-13(21-4)14(22-5)10-12(11)17(3)23(19,20)7-2/h6,9-10H,1,7-8H2,2-5H3,(H,16,18). The minimum atomic E-state index is -3.54. The number of nitrogens with one attached hydrogen (secondary N) is 1. The van der Waals surface area contributed by atoms with Crippen LogP contribution in [-0.4, -0.2) is 47.9 Å². The molecule has 8 heteroatoms. The van der Waals surface area contributed by atoms with Crippen LogP contribution in [0.2, 0.25) is 0 Å². The fourth-order valence-corrected chi connectivity index (χ4v) is 2.75. The number of carbonyl (C=O) groups excluding carboxylic acids is 1. The molecule has 7 nitrogen and oxygen atoms in total. The number of carbonyl (C=O) groups is 1. The van der Waals surface area contributed by atoms with Gasteiger partial charge in [0.2, 0.25) is 10.0 Å². The lowest BCUT2D eigenvalue weighted by molar-refractivity contribution is 0.0958. The first kappa shape index (κ1) is 18.8. The van der Waals surface area contributed by atoms with Crippen molar-refractivity contribution < 1.29 is 22.7 Å². The van der Waals surface area contributed by atoms with E-state index in [0.717, 1.165) is 4.31 Å². The van der Waals surface area contributed by atoms with Crippen LogP contribution in [0, 0.1) is 0 Å². The van der Waals surface area contributed by atoms with Crippen LogP contribution >= 0.6 is 0 Å². The Kier molecular flexibility index (Phi) is 6.44. The third-order valence-corrected chi connectivity index (χ3v) is 5.04. The summed E-state index contributed by atoms with van der Waals surface area (Å²) in [6, 6.07) is 2.92. The molecule has 1 aromatic carbocycles. The van der Waals surface area contributed by atoms with Crippen LogP contribution in [0.4, 0.5) is 5.69 Å². The highest BCUT2D eigenvalue weighted by molar-refractivity contribution is 7.92. The second-order valence-electron chi connectivity index (χ2n) is 4.59. The smallest absolute Gasteiger partial charge is 0.253 e. The molecule has 1 amide bonds. The third-order valence-electron chi connectivity index (χ3n) is 3.27. The zero-order valence-corrected chi connectivity index (χ0v) is 14.6. The van der Waals surface area contributed by atoms with E-state index in [4.69, 9.17) is 9.47 Å². The lowest BCUT2D eigenvalue weighted by atomic mass is 10.1. The quantitative estimate of drug-likeness (QED) is 0.722. The summed E-state index contributed by atoms with van der Waals surface area (Å²) >= 11 is 0. The minimum absolute atomic E-state index is 0.0917. The van der Waals surface area contributed by atoms with Crippen LogP contribution in [0.5, 0.6) is 11.5 Å². The van der Waals surface area contributed by atoms with Gasteiger partial charge in [0.25, 0.3) is 5.91 Å². The lowest BCUT2D eigenvalue weighted by Crippen LogP contribution is -2.32. The molecular weight excluding hydrogens is 320 g/mol. The largest absolute Gasteiger partial charge is 0.493 e. The maximum absolute atomic E-state index is 12.3. The van der Waals surface area contributed by atoms with E-state index in [1.165, 1.54) is 46.4 Å². The molecule has 0 fully saturated rings. The van der Waals surface area contributed by atoms with Crippen molar-refractivity contribution in [1.29, 1.82) is 0 Å². The van der Waals surface area contributed by atoms with Crippen LogP contribution in [0.25, 0.3) is 0 Å². The molecule has 0 heterocycles. The van der Waals surface area contributed by atoms with Gasteiger partial charge in [-0.1, -0.05) is 6.08 Å². The molecule has 0 atom stereocenters. The molecule has 0 aliphatic heterocycles. The normalized spacial score (nSPS) is 10.8. The van der Waals surface area contributed by atoms with E-state index in [2.05, 4.69) is 11.9 Å². The van der Waals surface area contributed by atoms with Gasteiger partial charge >= 0.3 is 0 Å². The average Bonchev–Trinajstić information content (AvgIpc) is 2.57. The maximum atomic E-state index is 12.3. The van der Waals surface area contributed by atoms with Crippen molar-refractivity contribution >= 4 is 21.6 Å². The van der Waals surface area contributed by atoms with E-state index in [9.17, 15) is 13.2 Å². The van der Waals surface area contributed by atoms with Gasteiger partial charge in [-0.2, -0.15) is 0 Å². The Hall–Kier alpha value is -2.22. The highest BCUT2D eigenvalue weighted by atomic mass is 32.2. The van der Waals surface area contributed by atoms with Crippen molar-refractivity contribution in [2.24, 2.45) is 0 Å². The Morgan fingerprint density at radius 3 is 2.35 bits per heavy atom. The first-order valence-corrected chi connectivity index (χ1v) is 8.55. The molecule has 1 rings (SSSR count). The summed E-state index contributed by atoms with van der Waals surface area (Å²) in [4.78, 5) is 12.3. The Balaban J connectivity index is 3.51. The molecule has 0 aliphatic carbocycles. The first-order valence-electron chi connectivity index (χ1n) is 6.94. The predicted octanol–water partition coefficient (Wildman–Crippen LogP) is 1.41. The van der Waals surface area contributed by atoms with Gasteiger partial charge in [-0.15, -0.1) is 6.58 Å². The van der Waals surface area contributed by atoms with Crippen LogP contribution in [0.3, 0.4) is 0 Å². The molecule has 0 unspecified atom stereocenters. The van der Waals surface area contributed by atoms with Crippen molar-refractivity contribution in [3.8, 4) is 11.5 Å². The average molecular weight is 342 g/mol. The molecule has 0 saturated heterocycles. The van der Waals surface area contributed by atoms with Gasteiger partial charge < -0.3 is 14.8 Å². The molecule has 1 aromatic rings. The predicted molar refractivity (Wildman–Crippen MR) is 89.9 cm³/mol. The number of amides is 1. The molecule has 0 spiro atoms. The zero-order chi connectivity index (χ0) is 17.6. The van der Waals surface area contributed by atoms with Crippen LogP contribution in [-0.2, 0) is 10.0 Å². The summed E-state index contributed by atoms with van der Waals surface area (Å²) in [5, 5.41) is 2.63. The highest BCUT2D eigenvalue weighted by Crippen LogP contribution is 2.35. The van der Waals surface area contributed by atoms with E-state index in [0.29, 0.717) is 11.5 Å². The maximum Gasteiger partial charge on any atom is 0.253 e. The number of anilines is 1. The summed E-state index contributed by atoms with van der Waals surface area (Å²) in [5.41, 5.74) is 0.384. The van der Waals surface area contributed by atoms with Crippen LogP contribution < -0.4 is 19.1 Å². The lowest BCUT2D eigenvalue weighted by Gasteiger charge is -2.23. The number of hydrogen-bond acceptors (Lipinski definition) is 5. The van der Waals surface area contributed by atoms with E-state index >= 15 is 0 Å². The number of methoxy groups -OCH3 is 2. The summed E-state index contributed by atoms with van der Waals surface area (Å²) < 4.78 is 35.7. The second-order valence-corrected chi connectivity index (χ2v) is 6.88.